The summed E-state index contributed by atoms with van der Waals surface area (Å²) < 4.78 is 13.2. The van der Waals surface area contributed by atoms with Gasteiger partial charge in [0.1, 0.15) is 22.3 Å². The smallest absolute Gasteiger partial charge is 0.164 e. The molecule has 0 amide bonds. The Hall–Kier alpha value is -6.85. The Bertz CT molecular complexity index is 3380. The van der Waals surface area contributed by atoms with E-state index in [0.717, 1.165) is 78.0 Å². The summed E-state index contributed by atoms with van der Waals surface area (Å²) in [7, 11) is 0. The van der Waals surface area contributed by atoms with E-state index in [-0.39, 0.29) is 5.41 Å². The molecule has 0 aliphatic heterocycles. The van der Waals surface area contributed by atoms with Gasteiger partial charge in [-0.3, -0.25) is 0 Å². The summed E-state index contributed by atoms with van der Waals surface area (Å²) in [6.45, 7) is 0. The number of benzene rings is 7. The summed E-state index contributed by atoms with van der Waals surface area (Å²) in [5.74, 6) is 4.76. The molecule has 5 aliphatic carbocycles. The Labute approximate surface area is 346 Å². The molecule has 0 atom stereocenters. The molecule has 0 saturated heterocycles. The normalized spacial score (nSPS) is 22.4. The number of rotatable bonds is 4. The van der Waals surface area contributed by atoms with Gasteiger partial charge in [0.2, 0.25) is 0 Å². The Balaban J connectivity index is 1.06. The lowest BCUT2D eigenvalue weighted by Gasteiger charge is -2.61. The second-order valence-corrected chi connectivity index (χ2v) is 17.9. The molecule has 1 spiro atoms. The van der Waals surface area contributed by atoms with E-state index in [1.807, 2.05) is 18.2 Å². The van der Waals surface area contributed by atoms with Crippen molar-refractivity contribution in [3.8, 4) is 56.4 Å². The molecule has 4 saturated carbocycles. The molecule has 5 aliphatic rings. The van der Waals surface area contributed by atoms with Crippen molar-refractivity contribution >= 4 is 43.9 Å². The van der Waals surface area contributed by atoms with Crippen LogP contribution in [0.5, 0.6) is 0 Å². The summed E-state index contributed by atoms with van der Waals surface area (Å²) in [4.78, 5) is 16.0. The second-order valence-electron chi connectivity index (χ2n) is 17.9. The van der Waals surface area contributed by atoms with Gasteiger partial charge in [-0.25, -0.2) is 15.0 Å². The fourth-order valence-electron chi connectivity index (χ4n) is 12.9. The quantitative estimate of drug-likeness (QED) is 0.178. The van der Waals surface area contributed by atoms with Gasteiger partial charge in [-0.1, -0.05) is 121 Å². The van der Waals surface area contributed by atoms with Crippen LogP contribution in [0.1, 0.15) is 43.2 Å². The van der Waals surface area contributed by atoms with Crippen LogP contribution in [0.15, 0.2) is 160 Å². The van der Waals surface area contributed by atoms with Crippen molar-refractivity contribution in [2.75, 3.05) is 0 Å². The third-order valence-electron chi connectivity index (χ3n) is 14.9. The van der Waals surface area contributed by atoms with Gasteiger partial charge >= 0.3 is 0 Å². The zero-order valence-corrected chi connectivity index (χ0v) is 32.9. The fraction of sp³-hybridized carbons (Fsp3) is 0.182. The van der Waals surface area contributed by atoms with E-state index in [1.54, 1.807) is 0 Å². The zero-order valence-electron chi connectivity index (χ0n) is 32.9. The highest BCUT2D eigenvalue weighted by atomic mass is 16.3. The van der Waals surface area contributed by atoms with Crippen molar-refractivity contribution in [1.82, 2.24) is 15.0 Å². The van der Waals surface area contributed by atoms with Gasteiger partial charge in [-0.05, 0) is 114 Å². The molecule has 7 aromatic carbocycles. The van der Waals surface area contributed by atoms with Crippen LogP contribution in [0.4, 0.5) is 0 Å². The Morgan fingerprint density at radius 3 is 1.82 bits per heavy atom. The van der Waals surface area contributed by atoms with Crippen molar-refractivity contribution in [2.45, 2.75) is 37.5 Å². The molecule has 5 heteroatoms. The van der Waals surface area contributed by atoms with Gasteiger partial charge in [-0.2, -0.15) is 0 Å². The lowest BCUT2D eigenvalue weighted by molar-refractivity contribution is -0.0397. The Morgan fingerprint density at radius 2 is 1.02 bits per heavy atom. The highest BCUT2D eigenvalue weighted by Crippen LogP contribution is 2.71. The van der Waals surface area contributed by atoms with Gasteiger partial charge in [0, 0.05) is 49.2 Å². The molecule has 0 N–H and O–H groups in total. The third kappa shape index (κ3) is 4.44. The number of hydrogen-bond acceptors (Lipinski definition) is 5. The summed E-state index contributed by atoms with van der Waals surface area (Å²) in [5, 5.41) is 4.50. The van der Waals surface area contributed by atoms with Crippen molar-refractivity contribution in [3.05, 3.63) is 163 Å². The standard InChI is InChI=1S/C55H39N3O2/c1-2-11-33(12-3-1)52-56-53(34-21-22-39-37-13-5-8-19-46(37)59-48(39)30-34)58-54(57-52)44-24-23-40(42-17-10-16-41-38-14-6-9-20-47(38)60-51(41)42)50-49(44)43-15-4-7-18-45(43)55(50)35-26-31-25-32(28-35)29-36(55)27-31/h1-24,30-32,35-36H,25-29H2. The predicted octanol–water partition coefficient (Wildman–Crippen LogP) is 14.1. The van der Waals surface area contributed by atoms with Crippen molar-refractivity contribution in [1.29, 1.82) is 0 Å². The molecule has 10 aromatic rings. The van der Waals surface area contributed by atoms with Gasteiger partial charge in [0.15, 0.2) is 17.5 Å². The van der Waals surface area contributed by atoms with E-state index >= 15 is 0 Å². The summed E-state index contributed by atoms with van der Waals surface area (Å²) in [6, 6.07) is 54.1. The molecule has 0 unspecified atom stereocenters. The average molecular weight is 774 g/mol. The van der Waals surface area contributed by atoms with Crippen LogP contribution in [0.25, 0.3) is 100 Å². The minimum atomic E-state index is -0.108. The van der Waals surface area contributed by atoms with Gasteiger partial charge in [0.25, 0.3) is 0 Å². The van der Waals surface area contributed by atoms with Crippen LogP contribution >= 0.6 is 0 Å². The van der Waals surface area contributed by atoms with Crippen molar-refractivity contribution in [3.63, 3.8) is 0 Å². The minimum absolute atomic E-state index is 0.108. The molecule has 286 valence electrons. The third-order valence-corrected chi connectivity index (χ3v) is 14.9. The monoisotopic (exact) mass is 773 g/mol. The SMILES string of the molecule is c1ccc(-c2nc(-c3ccc4c(c3)oc3ccccc34)nc(-c3ccc(-c4cccc5c4oc4ccccc45)c4c3-c3ccccc3C43C4CC5CC(C4)CC3C5)n2)cc1. The highest BCUT2D eigenvalue weighted by molar-refractivity contribution is 6.11. The molecule has 5 nitrogen and oxygen atoms in total. The van der Waals surface area contributed by atoms with E-state index in [9.17, 15) is 0 Å². The molecule has 60 heavy (non-hydrogen) atoms. The molecule has 0 radical (unpaired) electrons. The lowest BCUT2D eigenvalue weighted by Crippen LogP contribution is -2.55. The molecular formula is C55H39N3O2. The maximum absolute atomic E-state index is 6.82. The predicted molar refractivity (Wildman–Crippen MR) is 239 cm³/mol. The second kappa shape index (κ2) is 12.1. The lowest BCUT2D eigenvalue weighted by atomic mass is 9.42. The molecule has 4 fully saturated rings. The van der Waals surface area contributed by atoms with Crippen LogP contribution in [-0.4, -0.2) is 15.0 Å². The number of furan rings is 2. The van der Waals surface area contributed by atoms with Crippen LogP contribution in [0.2, 0.25) is 0 Å². The molecule has 3 aromatic heterocycles. The van der Waals surface area contributed by atoms with Crippen LogP contribution in [0.3, 0.4) is 0 Å². The maximum Gasteiger partial charge on any atom is 0.164 e. The van der Waals surface area contributed by atoms with E-state index in [0.29, 0.717) is 29.3 Å². The summed E-state index contributed by atoms with van der Waals surface area (Å²) >= 11 is 0. The fourth-order valence-corrected chi connectivity index (χ4v) is 12.9. The number of para-hydroxylation sites is 3. The topological polar surface area (TPSA) is 65.0 Å². The molecule has 15 rings (SSSR count). The van der Waals surface area contributed by atoms with E-state index < -0.39 is 0 Å². The van der Waals surface area contributed by atoms with Gasteiger partial charge in [0.05, 0.1) is 0 Å². The number of fused-ring (bicyclic) bond motifs is 9. The maximum atomic E-state index is 6.82. The largest absolute Gasteiger partial charge is 0.456 e. The van der Waals surface area contributed by atoms with E-state index in [4.69, 9.17) is 23.8 Å². The van der Waals surface area contributed by atoms with E-state index in [1.165, 1.54) is 59.9 Å². The summed E-state index contributed by atoms with van der Waals surface area (Å²) in [6.07, 6.45) is 6.56. The van der Waals surface area contributed by atoms with Gasteiger partial charge < -0.3 is 8.83 Å². The highest BCUT2D eigenvalue weighted by Gasteiger charge is 2.62. The minimum Gasteiger partial charge on any atom is -0.456 e. The first-order valence-electron chi connectivity index (χ1n) is 21.6. The average Bonchev–Trinajstić information content (AvgIpc) is 3.96. The van der Waals surface area contributed by atoms with E-state index in [2.05, 4.69) is 133 Å². The number of aromatic nitrogens is 3. The van der Waals surface area contributed by atoms with Crippen LogP contribution < -0.4 is 0 Å². The first kappa shape index (κ1) is 33.0. The van der Waals surface area contributed by atoms with Crippen molar-refractivity contribution < 1.29 is 8.83 Å². The summed E-state index contributed by atoms with van der Waals surface area (Å²) in [5.41, 5.74) is 14.3. The molecule has 3 heterocycles. The first-order valence-corrected chi connectivity index (χ1v) is 21.6. The Kier molecular flexibility index (Phi) is 6.67. The van der Waals surface area contributed by atoms with Crippen LogP contribution in [0, 0.1) is 23.7 Å². The Morgan fingerprint density at radius 1 is 0.417 bits per heavy atom. The first-order chi connectivity index (χ1) is 29.7. The number of hydrogen-bond donors (Lipinski definition) is 0. The number of nitrogens with zero attached hydrogens (tertiary/aromatic N) is 3. The van der Waals surface area contributed by atoms with Gasteiger partial charge in [-0.15, -0.1) is 0 Å². The molecular weight excluding hydrogens is 735 g/mol. The van der Waals surface area contributed by atoms with Crippen molar-refractivity contribution in [2.24, 2.45) is 23.7 Å². The van der Waals surface area contributed by atoms with Crippen LogP contribution in [-0.2, 0) is 5.41 Å². The molecule has 4 bridgehead atoms. The zero-order chi connectivity index (χ0) is 39.1.